The van der Waals surface area contributed by atoms with E-state index in [1.807, 2.05) is 70.0 Å². The summed E-state index contributed by atoms with van der Waals surface area (Å²) in [5.74, 6) is -0.158. The van der Waals surface area contributed by atoms with Crippen molar-refractivity contribution in [3.8, 4) is 6.07 Å². The molecule has 4 aromatic carbocycles. The number of benzene rings is 4. The lowest BCUT2D eigenvalue weighted by atomic mass is 9.91. The number of rotatable bonds is 10. The Bertz CT molecular complexity index is 1670. The van der Waals surface area contributed by atoms with E-state index in [4.69, 9.17) is 4.52 Å². The van der Waals surface area contributed by atoms with E-state index in [-0.39, 0.29) is 12.5 Å². The van der Waals surface area contributed by atoms with Crippen LogP contribution in [0.15, 0.2) is 109 Å². The third-order valence-electron chi connectivity index (χ3n) is 9.41. The van der Waals surface area contributed by atoms with Crippen molar-refractivity contribution >= 4 is 8.45 Å². The summed E-state index contributed by atoms with van der Waals surface area (Å²) in [6.45, 7) is 1.28. The van der Waals surface area contributed by atoms with Crippen LogP contribution in [0.1, 0.15) is 51.9 Å². The number of nitrogens with zero attached hydrogens (tertiary/aromatic N) is 4. The predicted molar refractivity (Wildman–Crippen MR) is 175 cm³/mol. The molecule has 0 amide bonds. The molecule has 1 saturated heterocycles. The van der Waals surface area contributed by atoms with Crippen molar-refractivity contribution in [2.24, 2.45) is 5.92 Å². The first-order chi connectivity index (χ1) is 23.3. The molecule has 2 unspecified atom stereocenters. The van der Waals surface area contributed by atoms with Crippen LogP contribution in [0, 0.1) is 17.2 Å². The Balaban J connectivity index is 1.28. The lowest BCUT2D eigenvalue weighted by molar-refractivity contribution is -0.138. The van der Waals surface area contributed by atoms with Gasteiger partial charge in [-0.15, -0.1) is 0 Å². The number of likely N-dealkylation sites (N-methyl/N-ethyl adjacent to an activating group) is 2. The topological polar surface area (TPSA) is 42.7 Å². The molecule has 0 bridgehead atoms. The van der Waals surface area contributed by atoms with E-state index in [1.54, 1.807) is 26.2 Å². The molecule has 12 heteroatoms. The van der Waals surface area contributed by atoms with E-state index in [0.717, 1.165) is 35.4 Å². The fraction of sp³-hybridized carbons (Fsp3) is 0.324. The minimum atomic E-state index is -4.59. The Morgan fingerprint density at radius 3 is 1.59 bits per heavy atom. The summed E-state index contributed by atoms with van der Waals surface area (Å²) in [7, 11) is 1.80. The smallest absolute Gasteiger partial charge is 0.331 e. The standard InChI is InChI=1S/C37H35F6N4OP/c1-45-33(28-15-9-17-30(19-28)36(38,39)40)34(29-16-10-18-31(20-29)37(41,42)43)46(2)49(45)48-24-32-21-35(32,25-44)47(22-26-11-5-3-6-12-26)23-27-13-7-4-8-14-27/h3-20,32-34H,21-24H2,1-2H3/t32?,33-,34-,35?/m1/s1. The van der Waals surface area contributed by atoms with Gasteiger partial charge in [0.05, 0.1) is 35.9 Å². The summed E-state index contributed by atoms with van der Waals surface area (Å²) in [6.07, 6.45) is -8.62. The Morgan fingerprint density at radius 1 is 0.735 bits per heavy atom. The van der Waals surface area contributed by atoms with Gasteiger partial charge in [-0.3, -0.25) is 4.90 Å². The van der Waals surface area contributed by atoms with Crippen LogP contribution in [0.3, 0.4) is 0 Å². The molecule has 0 aromatic heterocycles. The molecule has 4 aromatic rings. The minimum absolute atomic E-state index is 0.158. The normalized spacial score (nSPS) is 23.6. The Labute approximate surface area is 283 Å². The Hall–Kier alpha value is -3.78. The first-order valence-electron chi connectivity index (χ1n) is 15.8. The van der Waals surface area contributed by atoms with Crippen LogP contribution < -0.4 is 0 Å². The van der Waals surface area contributed by atoms with Gasteiger partial charge in [-0.1, -0.05) is 84.9 Å². The molecule has 1 aliphatic carbocycles. The molecule has 0 N–H and O–H groups in total. The average Bonchev–Trinajstić information content (AvgIpc) is 3.75. The number of halogens is 6. The third kappa shape index (κ3) is 7.40. The molecular weight excluding hydrogens is 661 g/mol. The maximum Gasteiger partial charge on any atom is 0.416 e. The predicted octanol–water partition coefficient (Wildman–Crippen LogP) is 9.61. The highest BCUT2D eigenvalue weighted by Crippen LogP contribution is 2.64. The van der Waals surface area contributed by atoms with Crippen molar-refractivity contribution in [2.45, 2.75) is 49.5 Å². The first kappa shape index (κ1) is 35.1. The number of hydrogen-bond acceptors (Lipinski definition) is 5. The summed E-state index contributed by atoms with van der Waals surface area (Å²) in [4.78, 5) is 2.16. The maximum absolute atomic E-state index is 13.8. The van der Waals surface area contributed by atoms with Gasteiger partial charge in [0.1, 0.15) is 5.54 Å². The SMILES string of the molecule is CN1[C@H](c2cccc(C(F)(F)F)c2)[C@@H](c2cccc(C(F)(F)F)c2)N(C)P1OCC1CC1(C#N)N(Cc1ccccc1)Cc1ccccc1. The third-order valence-corrected chi connectivity index (χ3v) is 11.4. The zero-order valence-electron chi connectivity index (χ0n) is 26.9. The van der Waals surface area contributed by atoms with E-state index in [2.05, 4.69) is 11.0 Å². The second-order valence-corrected chi connectivity index (χ2v) is 14.6. The lowest BCUT2D eigenvalue weighted by Gasteiger charge is -2.30. The van der Waals surface area contributed by atoms with Crippen LogP contribution in [0.5, 0.6) is 0 Å². The van der Waals surface area contributed by atoms with Crippen LogP contribution in [0.2, 0.25) is 0 Å². The highest BCUT2D eigenvalue weighted by atomic mass is 31.2. The Kier molecular flexibility index (Phi) is 9.91. The molecule has 4 atom stereocenters. The molecule has 0 radical (unpaired) electrons. The van der Waals surface area contributed by atoms with Gasteiger partial charge >= 0.3 is 12.4 Å². The van der Waals surface area contributed by atoms with Gasteiger partial charge < -0.3 is 4.52 Å². The monoisotopic (exact) mass is 696 g/mol. The average molecular weight is 697 g/mol. The molecule has 1 saturated carbocycles. The molecule has 0 spiro atoms. The van der Waals surface area contributed by atoms with Crippen LogP contribution in [-0.4, -0.2) is 40.5 Å². The second kappa shape index (κ2) is 13.9. The highest BCUT2D eigenvalue weighted by molar-refractivity contribution is 7.47. The number of nitriles is 1. The maximum atomic E-state index is 13.8. The molecule has 2 fully saturated rings. The van der Waals surface area contributed by atoms with Crippen LogP contribution in [0.25, 0.3) is 0 Å². The summed E-state index contributed by atoms with van der Waals surface area (Å²) in [5, 5.41) is 10.6. The Morgan fingerprint density at radius 2 is 1.18 bits per heavy atom. The van der Waals surface area contributed by atoms with Crippen molar-refractivity contribution in [1.29, 1.82) is 5.26 Å². The van der Waals surface area contributed by atoms with Gasteiger partial charge in [0.25, 0.3) is 0 Å². The number of hydrogen-bond donors (Lipinski definition) is 0. The van der Waals surface area contributed by atoms with Crippen LogP contribution in [-0.2, 0) is 30.0 Å². The van der Waals surface area contributed by atoms with E-state index >= 15 is 0 Å². The van der Waals surface area contributed by atoms with E-state index in [0.29, 0.717) is 30.6 Å². The second-order valence-electron chi connectivity index (χ2n) is 12.6. The van der Waals surface area contributed by atoms with Crippen molar-refractivity contribution in [3.63, 3.8) is 0 Å². The van der Waals surface area contributed by atoms with Crippen molar-refractivity contribution in [1.82, 2.24) is 14.2 Å². The number of alkyl halides is 6. The van der Waals surface area contributed by atoms with Gasteiger partial charge in [0, 0.05) is 19.0 Å². The molecule has 6 rings (SSSR count). The molecule has 1 heterocycles. The van der Waals surface area contributed by atoms with Gasteiger partial charge in [-0.05, 0) is 67.0 Å². The van der Waals surface area contributed by atoms with Gasteiger partial charge in [-0.25, -0.2) is 9.34 Å². The lowest BCUT2D eigenvalue weighted by Crippen LogP contribution is -2.37. The fourth-order valence-electron chi connectivity index (χ4n) is 6.83. The summed E-state index contributed by atoms with van der Waals surface area (Å²) in [6, 6.07) is 30.7. The molecule has 2 aliphatic rings. The highest BCUT2D eigenvalue weighted by Gasteiger charge is 2.60. The summed E-state index contributed by atoms with van der Waals surface area (Å²) < 4.78 is 92.8. The van der Waals surface area contributed by atoms with Gasteiger partial charge in [0.15, 0.2) is 8.45 Å². The summed E-state index contributed by atoms with van der Waals surface area (Å²) >= 11 is 0. The van der Waals surface area contributed by atoms with Crippen LogP contribution >= 0.6 is 8.45 Å². The zero-order valence-corrected chi connectivity index (χ0v) is 27.8. The van der Waals surface area contributed by atoms with E-state index in [9.17, 15) is 31.6 Å². The van der Waals surface area contributed by atoms with E-state index in [1.165, 1.54) is 12.1 Å². The van der Waals surface area contributed by atoms with Crippen LogP contribution in [0.4, 0.5) is 26.3 Å². The zero-order chi connectivity index (χ0) is 35.0. The quantitative estimate of drug-likeness (QED) is 0.122. The fourth-order valence-corrected chi connectivity index (χ4v) is 8.90. The minimum Gasteiger partial charge on any atom is -0.331 e. The first-order valence-corrected chi connectivity index (χ1v) is 17.0. The van der Waals surface area contributed by atoms with Crippen molar-refractivity contribution < 1.29 is 30.9 Å². The van der Waals surface area contributed by atoms with Gasteiger partial charge in [-0.2, -0.15) is 31.6 Å². The summed E-state index contributed by atoms with van der Waals surface area (Å²) in [5.41, 5.74) is 0.270. The van der Waals surface area contributed by atoms with Crippen molar-refractivity contribution in [2.75, 3.05) is 20.7 Å². The van der Waals surface area contributed by atoms with Crippen molar-refractivity contribution in [3.05, 3.63) is 143 Å². The van der Waals surface area contributed by atoms with E-state index < -0.39 is 49.6 Å². The van der Waals surface area contributed by atoms with Gasteiger partial charge in [0.2, 0.25) is 0 Å². The molecule has 1 aliphatic heterocycles. The molecule has 256 valence electrons. The molecule has 49 heavy (non-hydrogen) atoms. The largest absolute Gasteiger partial charge is 0.416 e. The molecular formula is C37H35F6N4OP. The molecule has 5 nitrogen and oxygen atoms in total.